The van der Waals surface area contributed by atoms with Gasteiger partial charge in [0.05, 0.1) is 10.5 Å². The van der Waals surface area contributed by atoms with E-state index in [0.29, 0.717) is 0 Å². The van der Waals surface area contributed by atoms with Crippen LogP contribution < -0.4 is 4.74 Å². The van der Waals surface area contributed by atoms with Crippen molar-refractivity contribution in [1.29, 1.82) is 0 Å². The van der Waals surface area contributed by atoms with E-state index in [1.54, 1.807) is 0 Å². The van der Waals surface area contributed by atoms with Crippen LogP contribution in [0.3, 0.4) is 0 Å². The molecular weight excluding hydrogens is 246 g/mol. The molecule has 0 fully saturated rings. The van der Waals surface area contributed by atoms with E-state index in [4.69, 9.17) is 9.84 Å². The fourth-order valence-corrected chi connectivity index (χ4v) is 1.20. The topological polar surface area (TPSA) is 116 Å². The number of carbonyl (C=O) groups excluding carboxylic acids is 1. The first-order chi connectivity index (χ1) is 8.54. The number of hydrogen-bond donors (Lipinski definition) is 1. The Morgan fingerprint density at radius 3 is 2.78 bits per heavy atom. The molecule has 1 aromatic carbocycles. The number of hydrogen-bond acceptors (Lipinski definition) is 6. The lowest BCUT2D eigenvalue weighted by Crippen LogP contribution is -2.09. The number of ether oxygens (including phenoxy) is 2. The first kappa shape index (κ1) is 13.4. The molecule has 1 N–H and O–H groups in total. The lowest BCUT2D eigenvalue weighted by Gasteiger charge is -2.06. The predicted molar refractivity (Wildman–Crippen MR) is 56.7 cm³/mol. The summed E-state index contributed by atoms with van der Waals surface area (Å²) >= 11 is 0. The average molecular weight is 254 g/mol. The number of nitro benzene ring substituents is 1. The zero-order valence-corrected chi connectivity index (χ0v) is 8.99. The maximum absolute atomic E-state index is 10.7. The molecule has 0 aliphatic carbocycles. The number of aliphatic carboxylic acids is 1. The van der Waals surface area contributed by atoms with Crippen LogP contribution in [0, 0.1) is 10.1 Å². The van der Waals surface area contributed by atoms with Crippen LogP contribution >= 0.6 is 0 Å². The summed E-state index contributed by atoms with van der Waals surface area (Å²) in [6.07, 6.45) is 0. The molecule has 0 unspecified atom stereocenters. The molecule has 0 atom stereocenters. The third-order valence-electron chi connectivity index (χ3n) is 1.90. The molecule has 0 aliphatic heterocycles. The zero-order valence-electron chi connectivity index (χ0n) is 8.99. The van der Waals surface area contributed by atoms with Crippen LogP contribution in [0.25, 0.3) is 0 Å². The Bertz CT molecular complexity index is 471. The van der Waals surface area contributed by atoms with Gasteiger partial charge in [0.2, 0.25) is 0 Å². The van der Waals surface area contributed by atoms with E-state index in [1.165, 1.54) is 12.1 Å². The van der Waals surface area contributed by atoms with Gasteiger partial charge in [0.25, 0.3) is 5.69 Å². The number of benzene rings is 1. The van der Waals surface area contributed by atoms with E-state index in [2.05, 4.69) is 4.74 Å². The van der Waals surface area contributed by atoms with Crippen molar-refractivity contribution in [3.8, 4) is 5.75 Å². The van der Waals surface area contributed by atoms with E-state index < -0.39 is 17.5 Å². The van der Waals surface area contributed by atoms with Crippen molar-refractivity contribution < 1.29 is 29.1 Å². The summed E-state index contributed by atoms with van der Waals surface area (Å²) in [6, 6.07) is 3.63. The van der Waals surface area contributed by atoms with Crippen LogP contribution in [0.5, 0.6) is 5.75 Å². The highest BCUT2D eigenvalue weighted by molar-refractivity contribution is 5.68. The first-order valence-corrected chi connectivity index (χ1v) is 4.65. The van der Waals surface area contributed by atoms with Crippen molar-refractivity contribution in [3.63, 3.8) is 0 Å². The third kappa shape index (κ3) is 3.74. The quantitative estimate of drug-likeness (QED) is 0.560. The van der Waals surface area contributed by atoms with E-state index in [9.17, 15) is 19.7 Å². The Labute approximate surface area is 101 Å². The van der Waals surface area contributed by atoms with Gasteiger partial charge in [-0.15, -0.1) is 0 Å². The van der Waals surface area contributed by atoms with Gasteiger partial charge in [-0.2, -0.15) is 0 Å². The average Bonchev–Trinajstić information content (AvgIpc) is 2.33. The molecule has 1 aromatic rings. The van der Waals surface area contributed by atoms with Crippen molar-refractivity contribution in [2.24, 2.45) is 0 Å². The minimum atomic E-state index is -1.17. The lowest BCUT2D eigenvalue weighted by molar-refractivity contribution is -0.385. The Hall–Kier alpha value is -2.64. The number of nitrogens with zero attached hydrogens (tertiary/aromatic N) is 1. The lowest BCUT2D eigenvalue weighted by atomic mass is 10.2. The van der Waals surface area contributed by atoms with Gasteiger partial charge < -0.3 is 14.6 Å². The molecule has 0 bridgehead atoms. The van der Waals surface area contributed by atoms with E-state index >= 15 is 0 Å². The fourth-order valence-electron chi connectivity index (χ4n) is 1.20. The second-order valence-corrected chi connectivity index (χ2v) is 3.10. The summed E-state index contributed by atoms with van der Waals surface area (Å²) in [6.45, 7) is 0.230. The number of carboxylic acid groups (broad SMARTS) is 1. The first-order valence-electron chi connectivity index (χ1n) is 4.65. The molecule has 0 saturated heterocycles. The Kier molecular flexibility index (Phi) is 4.61. The minimum Gasteiger partial charge on any atom is -0.482 e. The maximum Gasteiger partial charge on any atom is 0.417 e. The second kappa shape index (κ2) is 6.18. The number of nitro groups is 1. The van der Waals surface area contributed by atoms with Crippen LogP contribution in [0.1, 0.15) is 5.56 Å². The van der Waals surface area contributed by atoms with Crippen LogP contribution in [-0.4, -0.2) is 29.1 Å². The van der Waals surface area contributed by atoms with Crippen molar-refractivity contribution >= 4 is 18.1 Å². The van der Waals surface area contributed by atoms with Gasteiger partial charge in [-0.1, -0.05) is 0 Å². The van der Waals surface area contributed by atoms with Gasteiger partial charge in [0.15, 0.2) is 6.61 Å². The van der Waals surface area contributed by atoms with Crippen molar-refractivity contribution in [2.45, 2.75) is 6.61 Å². The van der Waals surface area contributed by atoms with E-state index in [-0.39, 0.29) is 23.6 Å². The summed E-state index contributed by atoms with van der Waals surface area (Å²) in [5, 5.41) is 19.1. The standard InChI is InChI=1S/C10H8NO7/c12-6-17-4-7-3-8(18-5-10(13)14)1-2-9(7)11(15)16/h1-3H,4-5H2,(H,13,14). The normalized spacial score (nSPS) is 9.56. The molecule has 0 saturated carbocycles. The minimum absolute atomic E-state index is 0.0891. The van der Waals surface area contributed by atoms with E-state index in [1.807, 2.05) is 0 Å². The fraction of sp³-hybridized carbons (Fsp3) is 0.200. The summed E-state index contributed by atoms with van der Waals surface area (Å²) in [4.78, 5) is 30.3. The molecule has 0 heterocycles. The highest BCUT2D eigenvalue weighted by Gasteiger charge is 2.15. The molecular formula is C10H8NO7. The number of carbonyl (C=O) groups is 1. The van der Waals surface area contributed by atoms with Crippen molar-refractivity contribution in [2.75, 3.05) is 6.61 Å². The molecule has 18 heavy (non-hydrogen) atoms. The molecule has 8 nitrogen and oxygen atoms in total. The predicted octanol–water partition coefficient (Wildman–Crippen LogP) is 0.642. The summed E-state index contributed by atoms with van der Waals surface area (Å²) in [7, 11) is 0. The van der Waals surface area contributed by atoms with Gasteiger partial charge >= 0.3 is 12.4 Å². The largest absolute Gasteiger partial charge is 0.482 e. The number of rotatable bonds is 7. The van der Waals surface area contributed by atoms with Crippen LogP contribution in [0.4, 0.5) is 5.69 Å². The van der Waals surface area contributed by atoms with Crippen LogP contribution in [-0.2, 0) is 20.9 Å². The van der Waals surface area contributed by atoms with Gasteiger partial charge in [0.1, 0.15) is 12.4 Å². The molecule has 95 valence electrons. The van der Waals surface area contributed by atoms with Gasteiger partial charge in [-0.05, 0) is 12.1 Å². The smallest absolute Gasteiger partial charge is 0.417 e. The van der Waals surface area contributed by atoms with Gasteiger partial charge in [0, 0.05) is 6.07 Å². The third-order valence-corrected chi connectivity index (χ3v) is 1.90. The van der Waals surface area contributed by atoms with Gasteiger partial charge in [-0.25, -0.2) is 9.59 Å². The molecule has 0 aromatic heterocycles. The Balaban J connectivity index is 2.93. The second-order valence-electron chi connectivity index (χ2n) is 3.10. The molecule has 8 heteroatoms. The highest BCUT2D eigenvalue weighted by atomic mass is 16.6. The maximum atomic E-state index is 10.7. The Morgan fingerprint density at radius 2 is 2.22 bits per heavy atom. The van der Waals surface area contributed by atoms with Crippen LogP contribution in [0.15, 0.2) is 18.2 Å². The van der Waals surface area contributed by atoms with Crippen molar-refractivity contribution in [3.05, 3.63) is 33.9 Å². The monoisotopic (exact) mass is 254 g/mol. The summed E-state index contributed by atoms with van der Waals surface area (Å²) in [5.41, 5.74) is -0.167. The number of carboxylic acids is 1. The van der Waals surface area contributed by atoms with Gasteiger partial charge in [-0.3, -0.25) is 10.1 Å². The zero-order chi connectivity index (χ0) is 13.5. The SMILES string of the molecule is O=[C]OCc1cc(OCC(=O)O)ccc1[N+](=O)[O-]. The van der Waals surface area contributed by atoms with E-state index in [0.717, 1.165) is 12.5 Å². The summed E-state index contributed by atoms with van der Waals surface area (Å²) < 4.78 is 9.16. The highest BCUT2D eigenvalue weighted by Crippen LogP contribution is 2.24. The molecule has 1 rings (SSSR count). The molecule has 0 amide bonds. The van der Waals surface area contributed by atoms with Crippen molar-refractivity contribution in [1.82, 2.24) is 0 Å². The molecule has 0 aliphatic rings. The Morgan fingerprint density at radius 1 is 1.50 bits per heavy atom. The van der Waals surface area contributed by atoms with Crippen LogP contribution in [0.2, 0.25) is 0 Å². The molecule has 0 spiro atoms. The summed E-state index contributed by atoms with van der Waals surface area (Å²) in [5.74, 6) is -1.04. The molecule has 1 radical (unpaired) electrons.